The summed E-state index contributed by atoms with van der Waals surface area (Å²) in [4.78, 5) is 23.4. The maximum atomic E-state index is 12.3. The number of piperidine rings is 1. The van der Waals surface area contributed by atoms with Gasteiger partial charge in [-0.1, -0.05) is 6.07 Å². The zero-order valence-electron chi connectivity index (χ0n) is 12.6. The van der Waals surface area contributed by atoms with E-state index in [2.05, 4.69) is 10.6 Å². The standard InChI is InChI=1S/C16H20N2O4/c1-10(18-16(20)12-3-5-15(19)17-9-12)11-2-4-13-14(8-11)22-7-6-21-13/h2,4,8,10,12H,3,5-7,9H2,1H3,(H,17,19)(H,18,20)/t10-,12-/m1/s1. The van der Waals surface area contributed by atoms with Crippen molar-refractivity contribution in [1.82, 2.24) is 10.6 Å². The summed E-state index contributed by atoms with van der Waals surface area (Å²) in [6.45, 7) is 3.45. The SMILES string of the molecule is C[C@@H](NC(=O)[C@@H]1CCC(=O)NC1)c1ccc2c(c1)OCCO2. The van der Waals surface area contributed by atoms with E-state index < -0.39 is 0 Å². The lowest BCUT2D eigenvalue weighted by molar-refractivity contribution is -0.129. The lowest BCUT2D eigenvalue weighted by Gasteiger charge is -2.25. The third-order valence-electron chi connectivity index (χ3n) is 4.06. The van der Waals surface area contributed by atoms with Crippen molar-refractivity contribution >= 4 is 11.8 Å². The van der Waals surface area contributed by atoms with Crippen molar-refractivity contribution in [2.45, 2.75) is 25.8 Å². The molecule has 6 nitrogen and oxygen atoms in total. The minimum absolute atomic E-state index is 0.0175. The van der Waals surface area contributed by atoms with Gasteiger partial charge in [0.25, 0.3) is 0 Å². The highest BCUT2D eigenvalue weighted by Gasteiger charge is 2.25. The van der Waals surface area contributed by atoms with Crippen LogP contribution in [0.15, 0.2) is 18.2 Å². The Kier molecular flexibility index (Phi) is 4.18. The summed E-state index contributed by atoms with van der Waals surface area (Å²) in [5, 5.41) is 5.73. The molecule has 1 fully saturated rings. The van der Waals surface area contributed by atoms with E-state index in [1.807, 2.05) is 25.1 Å². The van der Waals surface area contributed by atoms with E-state index in [0.717, 1.165) is 17.1 Å². The van der Waals surface area contributed by atoms with E-state index in [-0.39, 0.29) is 23.8 Å². The van der Waals surface area contributed by atoms with Crippen LogP contribution in [0.3, 0.4) is 0 Å². The van der Waals surface area contributed by atoms with E-state index in [1.165, 1.54) is 0 Å². The predicted octanol–water partition coefficient (Wildman–Crippen LogP) is 1.16. The van der Waals surface area contributed by atoms with Crippen molar-refractivity contribution in [3.63, 3.8) is 0 Å². The third kappa shape index (κ3) is 3.16. The van der Waals surface area contributed by atoms with Crippen molar-refractivity contribution in [1.29, 1.82) is 0 Å². The zero-order valence-corrected chi connectivity index (χ0v) is 12.6. The molecule has 118 valence electrons. The Morgan fingerprint density at radius 3 is 2.82 bits per heavy atom. The normalized spacial score (nSPS) is 21.7. The molecule has 0 aromatic heterocycles. The van der Waals surface area contributed by atoms with Crippen LogP contribution in [-0.4, -0.2) is 31.6 Å². The second-order valence-electron chi connectivity index (χ2n) is 5.67. The number of carbonyl (C=O) groups excluding carboxylic acids is 2. The molecule has 0 unspecified atom stereocenters. The molecule has 0 spiro atoms. The smallest absolute Gasteiger partial charge is 0.225 e. The van der Waals surface area contributed by atoms with Crippen LogP contribution in [0.4, 0.5) is 0 Å². The Morgan fingerprint density at radius 2 is 2.09 bits per heavy atom. The van der Waals surface area contributed by atoms with Crippen molar-refractivity contribution in [3.8, 4) is 11.5 Å². The first kappa shape index (κ1) is 14.7. The molecule has 2 aliphatic rings. The van der Waals surface area contributed by atoms with Crippen LogP contribution in [-0.2, 0) is 9.59 Å². The van der Waals surface area contributed by atoms with E-state index in [4.69, 9.17) is 9.47 Å². The van der Waals surface area contributed by atoms with Crippen LogP contribution >= 0.6 is 0 Å². The molecule has 2 atom stereocenters. The minimum atomic E-state index is -0.155. The van der Waals surface area contributed by atoms with Gasteiger partial charge < -0.3 is 20.1 Å². The summed E-state index contributed by atoms with van der Waals surface area (Å²) >= 11 is 0. The van der Waals surface area contributed by atoms with Gasteiger partial charge >= 0.3 is 0 Å². The van der Waals surface area contributed by atoms with Gasteiger partial charge in [-0.05, 0) is 31.0 Å². The molecular weight excluding hydrogens is 284 g/mol. The van der Waals surface area contributed by atoms with Gasteiger partial charge in [0.1, 0.15) is 13.2 Å². The van der Waals surface area contributed by atoms with E-state index >= 15 is 0 Å². The van der Waals surface area contributed by atoms with E-state index in [9.17, 15) is 9.59 Å². The monoisotopic (exact) mass is 304 g/mol. The first-order valence-corrected chi connectivity index (χ1v) is 7.60. The van der Waals surface area contributed by atoms with Gasteiger partial charge in [-0.25, -0.2) is 0 Å². The number of hydrogen-bond donors (Lipinski definition) is 2. The maximum absolute atomic E-state index is 12.3. The van der Waals surface area contributed by atoms with Gasteiger partial charge in [0.2, 0.25) is 11.8 Å². The Morgan fingerprint density at radius 1 is 1.32 bits per heavy atom. The molecule has 0 bridgehead atoms. The molecule has 1 aromatic carbocycles. The van der Waals surface area contributed by atoms with Crippen LogP contribution < -0.4 is 20.1 Å². The second-order valence-corrected chi connectivity index (χ2v) is 5.67. The number of ether oxygens (including phenoxy) is 2. The topological polar surface area (TPSA) is 76.7 Å². The Balaban J connectivity index is 1.62. The third-order valence-corrected chi connectivity index (χ3v) is 4.06. The van der Waals surface area contributed by atoms with Crippen molar-refractivity contribution in [2.75, 3.05) is 19.8 Å². The van der Waals surface area contributed by atoms with Crippen LogP contribution in [0.1, 0.15) is 31.4 Å². The van der Waals surface area contributed by atoms with Crippen LogP contribution in [0.5, 0.6) is 11.5 Å². The number of rotatable bonds is 3. The molecule has 2 amide bonds. The predicted molar refractivity (Wildman–Crippen MR) is 79.7 cm³/mol. The summed E-state index contributed by atoms with van der Waals surface area (Å²) in [7, 11) is 0. The highest BCUT2D eigenvalue weighted by molar-refractivity contribution is 5.83. The number of benzene rings is 1. The van der Waals surface area contributed by atoms with Crippen LogP contribution in [0.2, 0.25) is 0 Å². The Bertz CT molecular complexity index is 578. The number of carbonyl (C=O) groups is 2. The summed E-state index contributed by atoms with van der Waals surface area (Å²) in [6, 6.07) is 5.58. The molecular formula is C16H20N2O4. The number of hydrogen-bond acceptors (Lipinski definition) is 4. The van der Waals surface area contributed by atoms with Crippen molar-refractivity contribution < 1.29 is 19.1 Å². The molecule has 3 rings (SSSR count). The highest BCUT2D eigenvalue weighted by Crippen LogP contribution is 2.32. The summed E-state index contributed by atoms with van der Waals surface area (Å²) in [5.41, 5.74) is 0.970. The van der Waals surface area contributed by atoms with Gasteiger partial charge in [-0.2, -0.15) is 0 Å². The largest absolute Gasteiger partial charge is 0.486 e. The molecule has 1 aromatic rings. The minimum Gasteiger partial charge on any atom is -0.486 e. The maximum Gasteiger partial charge on any atom is 0.225 e. The van der Waals surface area contributed by atoms with Gasteiger partial charge in [0.15, 0.2) is 11.5 Å². The van der Waals surface area contributed by atoms with Gasteiger partial charge in [0.05, 0.1) is 12.0 Å². The number of amides is 2. The van der Waals surface area contributed by atoms with Crippen LogP contribution in [0.25, 0.3) is 0 Å². The highest BCUT2D eigenvalue weighted by atomic mass is 16.6. The molecule has 2 N–H and O–H groups in total. The van der Waals surface area contributed by atoms with Gasteiger partial charge in [-0.3, -0.25) is 9.59 Å². The fourth-order valence-corrected chi connectivity index (χ4v) is 2.70. The fourth-order valence-electron chi connectivity index (χ4n) is 2.70. The van der Waals surface area contributed by atoms with Crippen LogP contribution in [0, 0.1) is 5.92 Å². The average molecular weight is 304 g/mol. The Hall–Kier alpha value is -2.24. The van der Waals surface area contributed by atoms with Crippen molar-refractivity contribution in [3.05, 3.63) is 23.8 Å². The van der Waals surface area contributed by atoms with Gasteiger partial charge in [0, 0.05) is 13.0 Å². The summed E-state index contributed by atoms with van der Waals surface area (Å²) < 4.78 is 11.1. The van der Waals surface area contributed by atoms with Gasteiger partial charge in [-0.15, -0.1) is 0 Å². The molecule has 1 saturated heterocycles. The first-order valence-electron chi connectivity index (χ1n) is 7.60. The molecule has 0 aliphatic carbocycles. The molecule has 2 heterocycles. The molecule has 0 saturated carbocycles. The fraction of sp³-hybridized carbons (Fsp3) is 0.500. The van der Waals surface area contributed by atoms with E-state index in [0.29, 0.717) is 32.6 Å². The molecule has 0 radical (unpaired) electrons. The quantitative estimate of drug-likeness (QED) is 0.878. The second kappa shape index (κ2) is 6.25. The summed E-state index contributed by atoms with van der Waals surface area (Å²) in [6.07, 6.45) is 1.02. The Labute approximate surface area is 129 Å². The number of nitrogens with one attached hydrogen (secondary N) is 2. The number of fused-ring (bicyclic) bond motifs is 1. The first-order chi connectivity index (χ1) is 10.6. The lowest BCUT2D eigenvalue weighted by atomic mass is 9.97. The lowest BCUT2D eigenvalue weighted by Crippen LogP contribution is -2.43. The summed E-state index contributed by atoms with van der Waals surface area (Å²) in [5.74, 6) is 1.29. The molecule has 2 aliphatic heterocycles. The molecule has 22 heavy (non-hydrogen) atoms. The molecule has 6 heteroatoms. The van der Waals surface area contributed by atoms with Crippen molar-refractivity contribution in [2.24, 2.45) is 5.92 Å². The zero-order chi connectivity index (χ0) is 15.5. The average Bonchev–Trinajstić information content (AvgIpc) is 2.55. The van der Waals surface area contributed by atoms with E-state index in [1.54, 1.807) is 0 Å².